The van der Waals surface area contributed by atoms with Crippen LogP contribution in [0.15, 0.2) is 0 Å². The van der Waals surface area contributed by atoms with E-state index in [0.717, 1.165) is 19.4 Å². The summed E-state index contributed by atoms with van der Waals surface area (Å²) < 4.78 is 0. The Kier molecular flexibility index (Phi) is 3.05. The molecule has 1 N–H and O–H groups in total. The van der Waals surface area contributed by atoms with Gasteiger partial charge in [0.15, 0.2) is 0 Å². The quantitative estimate of drug-likeness (QED) is 0.755. The van der Waals surface area contributed by atoms with E-state index >= 15 is 0 Å². The second-order valence-corrected chi connectivity index (χ2v) is 4.57. The van der Waals surface area contributed by atoms with Gasteiger partial charge >= 0.3 is 5.97 Å². The molecule has 2 aliphatic heterocycles. The van der Waals surface area contributed by atoms with E-state index in [1.807, 2.05) is 0 Å². The van der Waals surface area contributed by atoms with E-state index in [1.165, 1.54) is 0 Å². The largest absolute Gasteiger partial charge is 0.481 e. The number of ketones is 1. The van der Waals surface area contributed by atoms with Crippen LogP contribution in [-0.2, 0) is 9.59 Å². The lowest BCUT2D eigenvalue weighted by Crippen LogP contribution is -2.43. The van der Waals surface area contributed by atoms with Crippen molar-refractivity contribution in [3.8, 4) is 0 Å². The van der Waals surface area contributed by atoms with Crippen LogP contribution in [0, 0.1) is 0 Å². The van der Waals surface area contributed by atoms with E-state index < -0.39 is 5.97 Å². The normalized spacial score (nSPS) is 30.8. The van der Waals surface area contributed by atoms with Crippen LogP contribution < -0.4 is 0 Å². The molecule has 0 saturated carbocycles. The number of Topliss-reactive ketones (excluding diaryl/α,β-unsaturated/α-hetero) is 1. The highest BCUT2D eigenvalue weighted by molar-refractivity contribution is 5.80. The molecule has 2 atom stereocenters. The summed E-state index contributed by atoms with van der Waals surface area (Å²) in [4.78, 5) is 24.1. The molecule has 2 fully saturated rings. The Morgan fingerprint density at radius 1 is 1.33 bits per heavy atom. The molecule has 2 heterocycles. The average molecular weight is 211 g/mol. The van der Waals surface area contributed by atoms with Gasteiger partial charge in [-0.15, -0.1) is 0 Å². The molecule has 1 unspecified atom stereocenters. The summed E-state index contributed by atoms with van der Waals surface area (Å²) in [7, 11) is 0. The van der Waals surface area contributed by atoms with Crippen LogP contribution in [0.3, 0.4) is 0 Å². The summed E-state index contributed by atoms with van der Waals surface area (Å²) in [5.74, 6) is -0.340. The third-order valence-electron chi connectivity index (χ3n) is 3.50. The second kappa shape index (κ2) is 4.31. The number of carboxylic acids is 1. The molecule has 0 aromatic rings. The predicted octanol–water partition coefficient (Wildman–Crippen LogP) is 1.05. The van der Waals surface area contributed by atoms with Crippen LogP contribution in [-0.4, -0.2) is 40.4 Å². The monoisotopic (exact) mass is 211 g/mol. The molecule has 2 bridgehead atoms. The lowest BCUT2D eigenvalue weighted by atomic mass is 10.0. The highest BCUT2D eigenvalue weighted by Gasteiger charge is 2.39. The van der Waals surface area contributed by atoms with Crippen molar-refractivity contribution in [2.24, 2.45) is 0 Å². The standard InChI is InChI=1S/C11H17NO3/c13-10-6-8-3-4-9(7-10)12(8)5-1-2-11(14)15/h8-9H,1-7H2,(H,14,15)/t8-,9?/m1/s1. The highest BCUT2D eigenvalue weighted by Crippen LogP contribution is 2.33. The fourth-order valence-corrected chi connectivity index (χ4v) is 2.84. The van der Waals surface area contributed by atoms with Gasteiger partial charge < -0.3 is 5.11 Å². The number of carbonyl (C=O) groups excluding carboxylic acids is 1. The van der Waals surface area contributed by atoms with Crippen molar-refractivity contribution in [1.82, 2.24) is 4.90 Å². The topological polar surface area (TPSA) is 57.6 Å². The molecule has 4 nitrogen and oxygen atoms in total. The molecule has 0 aromatic heterocycles. The van der Waals surface area contributed by atoms with Crippen LogP contribution in [0.1, 0.15) is 38.5 Å². The first-order valence-corrected chi connectivity index (χ1v) is 5.66. The van der Waals surface area contributed by atoms with Gasteiger partial charge in [0.25, 0.3) is 0 Å². The predicted molar refractivity (Wildman–Crippen MR) is 54.6 cm³/mol. The minimum atomic E-state index is -0.726. The van der Waals surface area contributed by atoms with Gasteiger partial charge in [-0.25, -0.2) is 0 Å². The van der Waals surface area contributed by atoms with Gasteiger partial charge in [0, 0.05) is 31.3 Å². The van der Waals surface area contributed by atoms with E-state index in [1.54, 1.807) is 0 Å². The molecule has 2 aliphatic rings. The third-order valence-corrected chi connectivity index (χ3v) is 3.50. The third kappa shape index (κ3) is 2.37. The zero-order chi connectivity index (χ0) is 10.8. The molecule has 0 amide bonds. The Hall–Kier alpha value is -0.900. The van der Waals surface area contributed by atoms with Gasteiger partial charge in [-0.3, -0.25) is 14.5 Å². The Labute approximate surface area is 89.3 Å². The maximum absolute atomic E-state index is 11.3. The van der Waals surface area contributed by atoms with Gasteiger partial charge in [-0.2, -0.15) is 0 Å². The summed E-state index contributed by atoms with van der Waals surface area (Å²) >= 11 is 0. The Morgan fingerprint density at radius 3 is 2.47 bits per heavy atom. The minimum absolute atomic E-state index is 0.240. The van der Waals surface area contributed by atoms with Gasteiger partial charge in [0.05, 0.1) is 0 Å². The molecule has 84 valence electrons. The van der Waals surface area contributed by atoms with Crippen LogP contribution in [0.4, 0.5) is 0 Å². The number of fused-ring (bicyclic) bond motifs is 2. The zero-order valence-electron chi connectivity index (χ0n) is 8.82. The molecule has 15 heavy (non-hydrogen) atoms. The van der Waals surface area contributed by atoms with E-state index in [4.69, 9.17) is 5.11 Å². The summed E-state index contributed by atoms with van der Waals surface area (Å²) in [5.41, 5.74) is 0. The van der Waals surface area contributed by atoms with Crippen molar-refractivity contribution in [2.75, 3.05) is 6.54 Å². The lowest BCUT2D eigenvalue weighted by Gasteiger charge is -2.33. The van der Waals surface area contributed by atoms with Gasteiger partial charge in [-0.05, 0) is 25.8 Å². The van der Waals surface area contributed by atoms with E-state index in [0.29, 0.717) is 37.1 Å². The molecular weight excluding hydrogens is 194 g/mol. The van der Waals surface area contributed by atoms with Crippen molar-refractivity contribution < 1.29 is 14.7 Å². The highest BCUT2D eigenvalue weighted by atomic mass is 16.4. The number of rotatable bonds is 4. The maximum atomic E-state index is 11.3. The number of piperidine rings is 1. The minimum Gasteiger partial charge on any atom is -0.481 e. The number of carboxylic acid groups (broad SMARTS) is 1. The first kappa shape index (κ1) is 10.6. The average Bonchev–Trinajstić information content (AvgIpc) is 2.42. The molecule has 0 aromatic carbocycles. The number of hydrogen-bond donors (Lipinski definition) is 1. The van der Waals surface area contributed by atoms with E-state index in [9.17, 15) is 9.59 Å². The summed E-state index contributed by atoms with van der Waals surface area (Å²) in [5, 5.41) is 8.56. The number of nitrogens with zero attached hydrogens (tertiary/aromatic N) is 1. The van der Waals surface area contributed by atoms with Crippen molar-refractivity contribution in [3.05, 3.63) is 0 Å². The van der Waals surface area contributed by atoms with Crippen LogP contribution in [0.5, 0.6) is 0 Å². The van der Waals surface area contributed by atoms with Gasteiger partial charge in [0.1, 0.15) is 5.78 Å². The molecule has 0 aliphatic carbocycles. The SMILES string of the molecule is O=C(O)CCCN1C2CC[C@@H]1CC(=O)C2. The molecule has 0 spiro atoms. The second-order valence-electron chi connectivity index (χ2n) is 4.57. The van der Waals surface area contributed by atoms with Crippen LogP contribution in [0.25, 0.3) is 0 Å². The number of carbonyl (C=O) groups is 2. The first-order valence-electron chi connectivity index (χ1n) is 5.66. The van der Waals surface area contributed by atoms with E-state index in [-0.39, 0.29) is 6.42 Å². The molecule has 4 heteroatoms. The van der Waals surface area contributed by atoms with Crippen molar-refractivity contribution in [1.29, 1.82) is 0 Å². The molecule has 2 rings (SSSR count). The maximum Gasteiger partial charge on any atom is 0.303 e. The summed E-state index contributed by atoms with van der Waals surface area (Å²) in [6.45, 7) is 0.842. The number of aliphatic carboxylic acids is 1. The van der Waals surface area contributed by atoms with Crippen molar-refractivity contribution >= 4 is 11.8 Å². The van der Waals surface area contributed by atoms with Crippen LogP contribution >= 0.6 is 0 Å². The Balaban J connectivity index is 1.83. The number of hydrogen-bond acceptors (Lipinski definition) is 3. The van der Waals surface area contributed by atoms with Gasteiger partial charge in [0.2, 0.25) is 0 Å². The zero-order valence-corrected chi connectivity index (χ0v) is 8.82. The Morgan fingerprint density at radius 2 is 1.93 bits per heavy atom. The molecule has 2 saturated heterocycles. The van der Waals surface area contributed by atoms with Gasteiger partial charge in [-0.1, -0.05) is 0 Å². The van der Waals surface area contributed by atoms with Crippen molar-refractivity contribution in [2.45, 2.75) is 50.6 Å². The smallest absolute Gasteiger partial charge is 0.303 e. The lowest BCUT2D eigenvalue weighted by molar-refractivity contribution is -0.137. The fourth-order valence-electron chi connectivity index (χ4n) is 2.84. The van der Waals surface area contributed by atoms with E-state index in [2.05, 4.69) is 4.90 Å². The van der Waals surface area contributed by atoms with Crippen molar-refractivity contribution in [3.63, 3.8) is 0 Å². The first-order chi connectivity index (χ1) is 7.16. The summed E-state index contributed by atoms with van der Waals surface area (Å²) in [6, 6.07) is 0.815. The van der Waals surface area contributed by atoms with Crippen LogP contribution in [0.2, 0.25) is 0 Å². The Bertz CT molecular complexity index is 261. The molecule has 0 radical (unpaired) electrons. The summed E-state index contributed by atoms with van der Waals surface area (Å²) in [6.07, 6.45) is 4.54. The molecular formula is C11H17NO3. The fraction of sp³-hybridized carbons (Fsp3) is 0.818.